The highest BCUT2D eigenvalue weighted by Crippen LogP contribution is 2.46. The maximum absolute atomic E-state index is 10.5. The molecule has 4 atom stereocenters. The lowest BCUT2D eigenvalue weighted by Crippen LogP contribution is -2.29. The molecule has 1 aromatic carbocycles. The van der Waals surface area contributed by atoms with Crippen LogP contribution in [-0.4, -0.2) is 34.8 Å². The molecular weight excluding hydrogens is 356 g/mol. The van der Waals surface area contributed by atoms with Crippen LogP contribution in [0.15, 0.2) is 48.6 Å². The van der Waals surface area contributed by atoms with E-state index in [1.165, 1.54) is 36.7 Å². The number of ether oxygens (including phenoxy) is 1. The highest BCUT2D eigenvalue weighted by molar-refractivity contribution is 7.99. The quantitative estimate of drug-likeness (QED) is 0.407. The van der Waals surface area contributed by atoms with Gasteiger partial charge < -0.3 is 9.84 Å². The van der Waals surface area contributed by atoms with Crippen molar-refractivity contribution in [3.05, 3.63) is 54.1 Å². The Morgan fingerprint density at radius 1 is 1.11 bits per heavy atom. The number of carboxylic acids is 1. The summed E-state index contributed by atoms with van der Waals surface area (Å²) < 4.78 is 6.21. The van der Waals surface area contributed by atoms with Crippen molar-refractivity contribution in [3.63, 3.8) is 0 Å². The number of fused-ring (bicyclic) bond motifs is 2. The Morgan fingerprint density at radius 3 is 2.67 bits per heavy atom. The Balaban J connectivity index is 1.37. The Hall–Kier alpha value is -1.52. The summed E-state index contributed by atoms with van der Waals surface area (Å²) in [6, 6.07) is 10.5. The van der Waals surface area contributed by atoms with Crippen LogP contribution in [0.4, 0.5) is 0 Å². The van der Waals surface area contributed by atoms with E-state index in [1.54, 1.807) is 6.08 Å². The summed E-state index contributed by atoms with van der Waals surface area (Å²) in [5.74, 6) is 2.76. The van der Waals surface area contributed by atoms with E-state index < -0.39 is 5.97 Å². The van der Waals surface area contributed by atoms with Crippen molar-refractivity contribution in [2.75, 3.05) is 11.5 Å². The molecule has 2 aliphatic rings. The fourth-order valence-electron chi connectivity index (χ4n) is 4.35. The van der Waals surface area contributed by atoms with Crippen molar-refractivity contribution < 1.29 is 14.6 Å². The van der Waals surface area contributed by atoms with Crippen LogP contribution >= 0.6 is 11.8 Å². The molecule has 0 aliphatic carbocycles. The van der Waals surface area contributed by atoms with Crippen LogP contribution in [-0.2, 0) is 9.53 Å². The highest BCUT2D eigenvalue weighted by atomic mass is 32.2. The second-order valence-electron chi connectivity index (χ2n) is 7.49. The van der Waals surface area contributed by atoms with Gasteiger partial charge in [-0.3, -0.25) is 0 Å². The van der Waals surface area contributed by atoms with Gasteiger partial charge in [-0.1, -0.05) is 55.0 Å². The second kappa shape index (κ2) is 10.7. The Bertz CT molecular complexity index is 640. The third kappa shape index (κ3) is 6.25. The summed E-state index contributed by atoms with van der Waals surface area (Å²) in [6.45, 7) is 0. The first-order valence-corrected chi connectivity index (χ1v) is 11.2. The van der Waals surface area contributed by atoms with Gasteiger partial charge in [0.15, 0.2) is 0 Å². The summed E-state index contributed by atoms with van der Waals surface area (Å²) in [7, 11) is 0. The largest absolute Gasteiger partial charge is 0.478 e. The van der Waals surface area contributed by atoms with Gasteiger partial charge in [-0.25, -0.2) is 4.79 Å². The molecule has 1 N–H and O–H groups in total. The number of hydrogen-bond acceptors (Lipinski definition) is 3. The Labute approximate surface area is 166 Å². The molecule has 3 nitrogen and oxygen atoms in total. The van der Waals surface area contributed by atoms with E-state index >= 15 is 0 Å². The maximum atomic E-state index is 10.5. The highest BCUT2D eigenvalue weighted by Gasteiger charge is 2.47. The van der Waals surface area contributed by atoms with Gasteiger partial charge in [0, 0.05) is 11.8 Å². The SMILES string of the molecule is O=C(O)/C=C\CCCC[C@H]1[C@@H](CSCC=Cc2ccccc2)[C@H]2CC[C@@H]1O2. The molecule has 0 saturated carbocycles. The lowest BCUT2D eigenvalue weighted by molar-refractivity contribution is -0.131. The van der Waals surface area contributed by atoms with Crippen molar-refractivity contribution in [2.24, 2.45) is 11.8 Å². The van der Waals surface area contributed by atoms with E-state index in [0.29, 0.717) is 24.0 Å². The second-order valence-corrected chi connectivity index (χ2v) is 8.57. The number of thioether (sulfide) groups is 1. The summed E-state index contributed by atoms with van der Waals surface area (Å²) in [6.07, 6.45) is 15.2. The van der Waals surface area contributed by atoms with Crippen LogP contribution in [0.1, 0.15) is 44.1 Å². The molecule has 27 heavy (non-hydrogen) atoms. The Morgan fingerprint density at radius 2 is 1.89 bits per heavy atom. The maximum Gasteiger partial charge on any atom is 0.327 e. The lowest BCUT2D eigenvalue weighted by Gasteiger charge is -2.27. The molecule has 0 radical (unpaired) electrons. The molecule has 2 heterocycles. The fourth-order valence-corrected chi connectivity index (χ4v) is 5.45. The first-order chi connectivity index (χ1) is 13.2. The molecular formula is C23H30O3S. The van der Waals surface area contributed by atoms with Gasteiger partial charge in [0.2, 0.25) is 0 Å². The van der Waals surface area contributed by atoms with Gasteiger partial charge >= 0.3 is 5.97 Å². The number of benzene rings is 1. The number of hydrogen-bond donors (Lipinski definition) is 1. The van der Waals surface area contributed by atoms with Gasteiger partial charge in [0.25, 0.3) is 0 Å². The van der Waals surface area contributed by atoms with Crippen LogP contribution in [0.5, 0.6) is 0 Å². The van der Waals surface area contributed by atoms with Crippen LogP contribution < -0.4 is 0 Å². The molecule has 4 heteroatoms. The van der Waals surface area contributed by atoms with Gasteiger partial charge in [-0.2, -0.15) is 11.8 Å². The number of carboxylic acid groups (broad SMARTS) is 1. The number of aliphatic carboxylic acids is 1. The first kappa shape index (κ1) is 20.2. The molecule has 0 spiro atoms. The molecule has 0 aromatic heterocycles. The number of allylic oxidation sites excluding steroid dienone is 1. The molecule has 2 bridgehead atoms. The average molecular weight is 387 g/mol. The van der Waals surface area contributed by atoms with Gasteiger partial charge in [-0.15, -0.1) is 0 Å². The predicted octanol–water partition coefficient (Wildman–Crippen LogP) is 5.43. The fraction of sp³-hybridized carbons (Fsp3) is 0.522. The van der Waals surface area contributed by atoms with Crippen LogP contribution in [0.3, 0.4) is 0 Å². The zero-order valence-corrected chi connectivity index (χ0v) is 16.7. The van der Waals surface area contributed by atoms with E-state index in [9.17, 15) is 4.79 Å². The molecule has 2 saturated heterocycles. The van der Waals surface area contributed by atoms with Crippen LogP contribution in [0.2, 0.25) is 0 Å². The molecule has 1 aromatic rings. The predicted molar refractivity (Wildman–Crippen MR) is 113 cm³/mol. The van der Waals surface area contributed by atoms with E-state index in [4.69, 9.17) is 9.84 Å². The van der Waals surface area contributed by atoms with Crippen molar-refractivity contribution >= 4 is 23.8 Å². The topological polar surface area (TPSA) is 46.5 Å². The molecule has 146 valence electrons. The summed E-state index contributed by atoms with van der Waals surface area (Å²) in [4.78, 5) is 10.5. The molecule has 0 amide bonds. The zero-order valence-electron chi connectivity index (χ0n) is 15.8. The number of carbonyl (C=O) groups is 1. The van der Waals surface area contributed by atoms with Crippen molar-refractivity contribution in [3.8, 4) is 0 Å². The average Bonchev–Trinajstić information content (AvgIpc) is 3.27. The minimum absolute atomic E-state index is 0.468. The Kier molecular flexibility index (Phi) is 8.03. The normalized spacial score (nSPS) is 27.1. The van der Waals surface area contributed by atoms with Crippen molar-refractivity contribution in [1.29, 1.82) is 0 Å². The van der Waals surface area contributed by atoms with E-state index in [2.05, 4.69) is 36.4 Å². The van der Waals surface area contributed by atoms with Gasteiger partial charge in [0.05, 0.1) is 12.2 Å². The summed E-state index contributed by atoms with van der Waals surface area (Å²) >= 11 is 2.02. The molecule has 3 rings (SSSR count). The van der Waals surface area contributed by atoms with Gasteiger partial charge in [0.1, 0.15) is 0 Å². The van der Waals surface area contributed by atoms with Crippen molar-refractivity contribution in [2.45, 2.75) is 50.7 Å². The van der Waals surface area contributed by atoms with Gasteiger partial charge in [-0.05, 0) is 55.3 Å². The third-order valence-electron chi connectivity index (χ3n) is 5.64. The third-order valence-corrected chi connectivity index (χ3v) is 6.69. The monoisotopic (exact) mass is 386 g/mol. The summed E-state index contributed by atoms with van der Waals surface area (Å²) in [5, 5.41) is 8.62. The minimum atomic E-state index is -0.852. The minimum Gasteiger partial charge on any atom is -0.478 e. The van der Waals surface area contributed by atoms with Crippen molar-refractivity contribution in [1.82, 2.24) is 0 Å². The first-order valence-electron chi connectivity index (χ1n) is 10.1. The van der Waals surface area contributed by atoms with Crippen LogP contribution in [0.25, 0.3) is 6.08 Å². The van der Waals surface area contributed by atoms with E-state index in [0.717, 1.165) is 25.0 Å². The number of rotatable bonds is 11. The molecule has 2 fully saturated rings. The van der Waals surface area contributed by atoms with E-state index in [1.807, 2.05) is 17.8 Å². The zero-order chi connectivity index (χ0) is 18.9. The van der Waals surface area contributed by atoms with E-state index in [-0.39, 0.29) is 0 Å². The molecule has 2 aliphatic heterocycles. The summed E-state index contributed by atoms with van der Waals surface area (Å²) in [5.41, 5.74) is 1.26. The number of unbranched alkanes of at least 4 members (excludes halogenated alkanes) is 2. The lowest BCUT2D eigenvalue weighted by atomic mass is 9.77. The molecule has 0 unspecified atom stereocenters. The smallest absolute Gasteiger partial charge is 0.327 e. The standard InChI is InChI=1S/C23H30O3S/c24-23(25)13-7-2-1-6-12-19-20(22-15-14-21(19)26-22)17-27-16-8-11-18-9-4-3-5-10-18/h3-5,7-11,13,19-22H,1-2,6,12,14-17H2,(H,24,25)/b11-8?,13-7-/t19-,20+,21-,22+/m0/s1. The van der Waals surface area contributed by atoms with Crippen LogP contribution in [0, 0.1) is 11.8 Å².